The van der Waals surface area contributed by atoms with Crippen molar-refractivity contribution in [2.24, 2.45) is 0 Å². The van der Waals surface area contributed by atoms with Gasteiger partial charge in [0.15, 0.2) is 0 Å². The van der Waals surface area contributed by atoms with Crippen LogP contribution in [0.3, 0.4) is 0 Å². The Morgan fingerprint density at radius 1 is 1.04 bits per heavy atom. The van der Waals surface area contributed by atoms with E-state index in [1.807, 2.05) is 30.3 Å². The van der Waals surface area contributed by atoms with Crippen LogP contribution in [0.25, 0.3) is 10.8 Å². The third kappa shape index (κ3) is 2.16. The predicted molar refractivity (Wildman–Crippen MR) is 88.9 cm³/mol. The van der Waals surface area contributed by atoms with E-state index in [1.54, 1.807) is 24.3 Å². The Bertz CT molecular complexity index is 995. The zero-order valence-electron chi connectivity index (χ0n) is 12.7. The highest BCUT2D eigenvalue weighted by atomic mass is 16.7. The van der Waals surface area contributed by atoms with Gasteiger partial charge in [-0.25, -0.2) is 9.86 Å². The number of hydrogen-bond acceptors (Lipinski definition) is 4. The predicted octanol–water partition coefficient (Wildman–Crippen LogP) is 2.61. The van der Waals surface area contributed by atoms with E-state index in [1.165, 1.54) is 9.63 Å². The lowest BCUT2D eigenvalue weighted by Gasteiger charge is -2.17. The minimum absolute atomic E-state index is 0.00911. The SMILES string of the molecule is O=C(O)c1c2ccccc2c2c(=O)n1CN2OCc1ccccc1. The Morgan fingerprint density at radius 3 is 2.42 bits per heavy atom. The molecule has 0 radical (unpaired) electrons. The maximum Gasteiger partial charge on any atom is 0.353 e. The molecule has 4 rings (SSSR count). The van der Waals surface area contributed by atoms with Crippen LogP contribution in [0.5, 0.6) is 0 Å². The molecule has 2 bridgehead atoms. The van der Waals surface area contributed by atoms with E-state index in [-0.39, 0.29) is 17.9 Å². The van der Waals surface area contributed by atoms with Gasteiger partial charge in [0.25, 0.3) is 5.56 Å². The number of carbonyl (C=O) groups is 1. The molecule has 0 spiro atoms. The van der Waals surface area contributed by atoms with Gasteiger partial charge in [0.1, 0.15) is 24.7 Å². The molecular weight excluding hydrogens is 308 g/mol. The molecule has 2 aromatic carbocycles. The van der Waals surface area contributed by atoms with Crippen molar-refractivity contribution >= 4 is 22.4 Å². The number of aromatic nitrogens is 1. The summed E-state index contributed by atoms with van der Waals surface area (Å²) >= 11 is 0. The molecule has 1 aliphatic rings. The Morgan fingerprint density at radius 2 is 1.71 bits per heavy atom. The van der Waals surface area contributed by atoms with Crippen LogP contribution >= 0.6 is 0 Å². The lowest BCUT2D eigenvalue weighted by atomic mass is 10.1. The van der Waals surface area contributed by atoms with Crippen LogP contribution < -0.4 is 10.6 Å². The van der Waals surface area contributed by atoms with Gasteiger partial charge in [-0.2, -0.15) is 0 Å². The van der Waals surface area contributed by atoms with Gasteiger partial charge in [-0.15, -0.1) is 0 Å². The molecule has 0 amide bonds. The lowest BCUT2D eigenvalue weighted by Crippen LogP contribution is -2.22. The summed E-state index contributed by atoms with van der Waals surface area (Å²) in [5.41, 5.74) is 0.994. The molecule has 0 saturated heterocycles. The maximum absolute atomic E-state index is 12.6. The molecule has 2 heterocycles. The molecule has 24 heavy (non-hydrogen) atoms. The van der Waals surface area contributed by atoms with E-state index >= 15 is 0 Å². The number of nitrogens with zero attached hydrogens (tertiary/aromatic N) is 2. The van der Waals surface area contributed by atoms with Crippen LogP contribution in [0.15, 0.2) is 59.4 Å². The molecule has 6 nitrogen and oxygen atoms in total. The molecule has 0 aliphatic carbocycles. The highest BCUT2D eigenvalue weighted by molar-refractivity contribution is 6.06. The summed E-state index contributed by atoms with van der Waals surface area (Å²) in [6.07, 6.45) is 0. The number of hydrogen-bond donors (Lipinski definition) is 1. The van der Waals surface area contributed by atoms with Gasteiger partial charge in [0.2, 0.25) is 0 Å². The van der Waals surface area contributed by atoms with Crippen molar-refractivity contribution in [1.29, 1.82) is 0 Å². The van der Waals surface area contributed by atoms with Crippen LogP contribution in [-0.4, -0.2) is 15.6 Å². The van der Waals surface area contributed by atoms with Crippen molar-refractivity contribution in [2.45, 2.75) is 13.3 Å². The highest BCUT2D eigenvalue weighted by Crippen LogP contribution is 2.31. The van der Waals surface area contributed by atoms with Crippen molar-refractivity contribution in [3.8, 4) is 0 Å². The van der Waals surface area contributed by atoms with Gasteiger partial charge in [0.05, 0.1) is 0 Å². The summed E-state index contributed by atoms with van der Waals surface area (Å²) in [6.45, 7) is 0.368. The Balaban J connectivity index is 1.78. The Kier molecular flexibility index (Phi) is 3.32. The molecule has 3 aromatic rings. The quantitative estimate of drug-likeness (QED) is 0.799. The van der Waals surface area contributed by atoms with Crippen molar-refractivity contribution < 1.29 is 14.7 Å². The second-order valence-electron chi connectivity index (χ2n) is 5.56. The van der Waals surface area contributed by atoms with Gasteiger partial charge in [0, 0.05) is 10.8 Å². The van der Waals surface area contributed by atoms with Gasteiger partial charge < -0.3 is 5.11 Å². The highest BCUT2D eigenvalue weighted by Gasteiger charge is 2.31. The van der Waals surface area contributed by atoms with E-state index in [2.05, 4.69) is 0 Å². The molecule has 120 valence electrons. The van der Waals surface area contributed by atoms with Crippen LogP contribution in [0, 0.1) is 0 Å². The largest absolute Gasteiger partial charge is 0.477 e. The number of hydroxylamine groups is 1. The molecule has 1 N–H and O–H groups in total. The minimum atomic E-state index is -1.13. The maximum atomic E-state index is 12.6. The summed E-state index contributed by atoms with van der Waals surface area (Å²) < 4.78 is 1.24. The summed E-state index contributed by atoms with van der Waals surface area (Å²) in [4.78, 5) is 30.0. The van der Waals surface area contributed by atoms with E-state index in [9.17, 15) is 14.7 Å². The number of benzene rings is 2. The smallest absolute Gasteiger partial charge is 0.353 e. The first-order valence-electron chi connectivity index (χ1n) is 7.50. The molecular formula is C18H14N2O4. The number of fused-ring (bicyclic) bond motifs is 4. The molecule has 0 saturated carbocycles. The van der Waals surface area contributed by atoms with Gasteiger partial charge in [-0.3, -0.25) is 14.2 Å². The molecule has 0 fully saturated rings. The normalized spacial score (nSPS) is 12.8. The summed E-state index contributed by atoms with van der Waals surface area (Å²) in [5.74, 6) is -1.13. The number of carboxylic acids is 1. The first-order chi connectivity index (χ1) is 11.7. The van der Waals surface area contributed by atoms with E-state index in [4.69, 9.17) is 4.84 Å². The van der Waals surface area contributed by atoms with Crippen molar-refractivity contribution in [2.75, 3.05) is 5.06 Å². The fourth-order valence-corrected chi connectivity index (χ4v) is 3.02. The van der Waals surface area contributed by atoms with Crippen molar-refractivity contribution in [1.82, 2.24) is 4.57 Å². The van der Waals surface area contributed by atoms with Crippen LogP contribution in [-0.2, 0) is 18.1 Å². The number of aromatic carboxylic acids is 1. The molecule has 0 unspecified atom stereocenters. The monoisotopic (exact) mass is 322 g/mol. The van der Waals surface area contributed by atoms with Gasteiger partial charge in [-0.1, -0.05) is 54.6 Å². The zero-order chi connectivity index (χ0) is 16.7. The topological polar surface area (TPSA) is 71.8 Å². The van der Waals surface area contributed by atoms with Crippen molar-refractivity contribution in [3.63, 3.8) is 0 Å². The van der Waals surface area contributed by atoms with E-state index in [0.29, 0.717) is 23.1 Å². The van der Waals surface area contributed by atoms with Crippen LogP contribution in [0.4, 0.5) is 5.69 Å². The second kappa shape index (κ2) is 5.50. The minimum Gasteiger partial charge on any atom is -0.477 e. The summed E-state index contributed by atoms with van der Waals surface area (Å²) in [7, 11) is 0. The molecule has 0 atom stereocenters. The number of rotatable bonds is 4. The first-order valence-corrected chi connectivity index (χ1v) is 7.50. The van der Waals surface area contributed by atoms with Crippen LogP contribution in [0.2, 0.25) is 0 Å². The molecule has 6 heteroatoms. The molecule has 1 aliphatic heterocycles. The van der Waals surface area contributed by atoms with E-state index < -0.39 is 5.97 Å². The van der Waals surface area contributed by atoms with Gasteiger partial charge in [-0.05, 0) is 5.56 Å². The van der Waals surface area contributed by atoms with Gasteiger partial charge >= 0.3 is 5.97 Å². The average molecular weight is 322 g/mol. The average Bonchev–Trinajstić information content (AvgIpc) is 2.82. The second-order valence-corrected chi connectivity index (χ2v) is 5.56. The summed E-state index contributed by atoms with van der Waals surface area (Å²) in [5, 5.41) is 12.1. The fourth-order valence-electron chi connectivity index (χ4n) is 3.02. The lowest BCUT2D eigenvalue weighted by molar-refractivity contribution is 0.0674. The number of carboxylic acid groups (broad SMARTS) is 1. The zero-order valence-corrected chi connectivity index (χ0v) is 12.7. The molecule has 1 aromatic heterocycles. The van der Waals surface area contributed by atoms with E-state index in [0.717, 1.165) is 5.56 Å². The van der Waals surface area contributed by atoms with Crippen molar-refractivity contribution in [3.05, 3.63) is 76.2 Å². The van der Waals surface area contributed by atoms with Crippen LogP contribution in [0.1, 0.15) is 16.1 Å². The Hall–Kier alpha value is -3.12. The third-order valence-electron chi connectivity index (χ3n) is 4.11. The number of pyridine rings is 1. The standard InChI is InChI=1S/C18H14N2O4/c21-17-15-13-8-4-5-9-14(13)16(18(22)23)19(17)11-20(15)24-10-12-6-2-1-3-7-12/h1-9H,10-11H2,(H,22,23). The third-order valence-corrected chi connectivity index (χ3v) is 4.11. The number of anilines is 1. The Labute approximate surface area is 137 Å². The summed E-state index contributed by atoms with van der Waals surface area (Å²) in [6, 6.07) is 16.6. The fraction of sp³-hybridized carbons (Fsp3) is 0.111. The first kappa shape index (κ1) is 14.5.